The van der Waals surface area contributed by atoms with Crippen LogP contribution in [0.1, 0.15) is 34.6 Å². The number of carbonyl (C=O) groups is 1. The highest BCUT2D eigenvalue weighted by atomic mass is 35.5. The predicted molar refractivity (Wildman–Crippen MR) is 135 cm³/mol. The van der Waals surface area contributed by atoms with Gasteiger partial charge in [0.25, 0.3) is 0 Å². The van der Waals surface area contributed by atoms with Gasteiger partial charge in [0.2, 0.25) is 0 Å². The highest BCUT2D eigenvalue weighted by Crippen LogP contribution is 2.33. The van der Waals surface area contributed by atoms with E-state index in [0.717, 1.165) is 16.5 Å². The summed E-state index contributed by atoms with van der Waals surface area (Å²) in [7, 11) is 1.84. The quantitative estimate of drug-likeness (QED) is 0.311. The standard InChI is InChI=1S/C26H21ClN4O4/c1-13-10-16(14(2)28-18-8-9-22(27)29-24(18)26(33)34)25-17(11-13)20(32)12-21(35-25)23-15-6-4-5-7-19(15)31(3)30-23/h4-12,14,28H,1-3H3,(H,33,34)/t14-/m1/s1. The van der Waals surface area contributed by atoms with Crippen molar-refractivity contribution in [3.05, 3.63) is 86.8 Å². The van der Waals surface area contributed by atoms with Crippen molar-refractivity contribution in [1.82, 2.24) is 14.8 Å². The third-order valence-corrected chi connectivity index (χ3v) is 6.11. The average Bonchev–Trinajstić information content (AvgIpc) is 3.16. The first-order valence-electron chi connectivity index (χ1n) is 10.9. The number of nitrogens with one attached hydrogen (secondary N) is 1. The predicted octanol–water partition coefficient (Wildman–Crippen LogP) is 5.57. The van der Waals surface area contributed by atoms with Crippen molar-refractivity contribution in [3.8, 4) is 11.5 Å². The molecule has 0 radical (unpaired) electrons. The van der Waals surface area contributed by atoms with Gasteiger partial charge in [-0.25, -0.2) is 9.78 Å². The van der Waals surface area contributed by atoms with Crippen molar-refractivity contribution in [2.24, 2.45) is 7.05 Å². The number of para-hydroxylation sites is 1. The number of anilines is 1. The van der Waals surface area contributed by atoms with Crippen LogP contribution in [0, 0.1) is 6.92 Å². The van der Waals surface area contributed by atoms with Crippen LogP contribution in [0.4, 0.5) is 5.69 Å². The van der Waals surface area contributed by atoms with Crippen LogP contribution in [0.5, 0.6) is 0 Å². The number of aromatic carboxylic acids is 1. The van der Waals surface area contributed by atoms with Gasteiger partial charge in [0.1, 0.15) is 16.4 Å². The molecule has 5 aromatic rings. The van der Waals surface area contributed by atoms with E-state index in [1.165, 1.54) is 12.1 Å². The van der Waals surface area contributed by atoms with E-state index in [2.05, 4.69) is 15.4 Å². The van der Waals surface area contributed by atoms with Crippen molar-refractivity contribution in [2.45, 2.75) is 19.9 Å². The third-order valence-electron chi connectivity index (χ3n) is 5.90. The number of nitrogens with zero attached hydrogens (tertiary/aromatic N) is 3. The summed E-state index contributed by atoms with van der Waals surface area (Å²) < 4.78 is 8.07. The molecule has 3 aromatic heterocycles. The first kappa shape index (κ1) is 22.6. The van der Waals surface area contributed by atoms with E-state index < -0.39 is 12.0 Å². The van der Waals surface area contributed by atoms with Crippen molar-refractivity contribution >= 4 is 45.1 Å². The van der Waals surface area contributed by atoms with Gasteiger partial charge in [-0.2, -0.15) is 5.10 Å². The molecule has 176 valence electrons. The molecule has 2 aromatic carbocycles. The van der Waals surface area contributed by atoms with Crippen molar-refractivity contribution in [3.63, 3.8) is 0 Å². The summed E-state index contributed by atoms with van der Waals surface area (Å²) in [4.78, 5) is 28.8. The van der Waals surface area contributed by atoms with Gasteiger partial charge >= 0.3 is 5.97 Å². The molecule has 0 aliphatic carbocycles. The normalized spacial score (nSPS) is 12.2. The minimum atomic E-state index is -1.20. The van der Waals surface area contributed by atoms with Gasteiger partial charge < -0.3 is 14.8 Å². The van der Waals surface area contributed by atoms with Gasteiger partial charge in [-0.3, -0.25) is 9.48 Å². The monoisotopic (exact) mass is 488 g/mol. The third kappa shape index (κ3) is 4.02. The Morgan fingerprint density at radius 3 is 2.69 bits per heavy atom. The van der Waals surface area contributed by atoms with Crippen LogP contribution >= 0.6 is 11.6 Å². The molecule has 0 fully saturated rings. The molecular weight excluding hydrogens is 468 g/mol. The number of aromatic nitrogens is 3. The molecule has 3 heterocycles. The fourth-order valence-corrected chi connectivity index (χ4v) is 4.44. The van der Waals surface area contributed by atoms with Gasteiger partial charge in [0.05, 0.1) is 22.6 Å². The molecule has 0 aliphatic heterocycles. The summed E-state index contributed by atoms with van der Waals surface area (Å²) in [6.45, 7) is 3.75. The zero-order valence-electron chi connectivity index (χ0n) is 19.2. The Morgan fingerprint density at radius 1 is 1.14 bits per heavy atom. The lowest BCUT2D eigenvalue weighted by Crippen LogP contribution is -2.13. The molecule has 5 rings (SSSR count). The van der Waals surface area contributed by atoms with Crippen molar-refractivity contribution in [2.75, 3.05) is 5.32 Å². The zero-order valence-corrected chi connectivity index (χ0v) is 19.9. The van der Waals surface area contributed by atoms with Gasteiger partial charge in [-0.1, -0.05) is 35.9 Å². The van der Waals surface area contributed by atoms with Gasteiger partial charge in [0, 0.05) is 24.1 Å². The maximum atomic E-state index is 13.2. The number of fused-ring (bicyclic) bond motifs is 2. The molecule has 35 heavy (non-hydrogen) atoms. The average molecular weight is 489 g/mol. The summed E-state index contributed by atoms with van der Waals surface area (Å²) in [5.41, 5.74) is 3.40. The summed E-state index contributed by atoms with van der Waals surface area (Å²) >= 11 is 5.89. The molecule has 0 saturated heterocycles. The van der Waals surface area contributed by atoms with E-state index in [9.17, 15) is 14.7 Å². The summed E-state index contributed by atoms with van der Waals surface area (Å²) in [6, 6.07) is 15.5. The Hall–Kier alpha value is -4.17. The molecule has 0 spiro atoms. The lowest BCUT2D eigenvalue weighted by molar-refractivity contribution is 0.0691. The molecule has 0 bridgehead atoms. The molecule has 8 nitrogen and oxygen atoms in total. The summed E-state index contributed by atoms with van der Waals surface area (Å²) in [6.07, 6.45) is 0. The Labute approximate surface area is 204 Å². The van der Waals surface area contributed by atoms with E-state index >= 15 is 0 Å². The molecule has 2 N–H and O–H groups in total. The van der Waals surface area contributed by atoms with Gasteiger partial charge in [-0.15, -0.1) is 0 Å². The van der Waals surface area contributed by atoms with Crippen molar-refractivity contribution in [1.29, 1.82) is 0 Å². The summed E-state index contributed by atoms with van der Waals surface area (Å²) in [5, 5.41) is 18.7. The lowest BCUT2D eigenvalue weighted by atomic mass is 10.0. The Kier molecular flexibility index (Phi) is 5.53. The highest BCUT2D eigenvalue weighted by molar-refractivity contribution is 6.29. The van der Waals surface area contributed by atoms with Gasteiger partial charge in [-0.05, 0) is 43.7 Å². The van der Waals surface area contributed by atoms with Gasteiger partial charge in [0.15, 0.2) is 16.9 Å². The second-order valence-electron chi connectivity index (χ2n) is 8.40. The SMILES string of the molecule is Cc1cc([C@@H](C)Nc2ccc(Cl)nc2C(=O)O)c2oc(-c3nn(C)c4ccccc34)cc(=O)c2c1. The number of hydrogen-bond donors (Lipinski definition) is 2. The Morgan fingerprint density at radius 2 is 1.91 bits per heavy atom. The van der Waals surface area contributed by atoms with E-state index in [-0.39, 0.29) is 16.3 Å². The Bertz CT molecular complexity index is 1690. The fraction of sp³-hybridized carbons (Fsp3) is 0.154. The molecule has 0 saturated carbocycles. The van der Waals surface area contributed by atoms with Crippen LogP contribution in [0.2, 0.25) is 5.15 Å². The number of carboxylic acids is 1. The maximum Gasteiger partial charge on any atom is 0.356 e. The van der Waals surface area contributed by atoms with Crippen LogP contribution in [0.3, 0.4) is 0 Å². The second kappa shape index (κ2) is 8.56. The zero-order chi connectivity index (χ0) is 24.9. The maximum absolute atomic E-state index is 13.2. The molecule has 9 heteroatoms. The highest BCUT2D eigenvalue weighted by Gasteiger charge is 2.21. The number of aryl methyl sites for hydroxylation is 2. The lowest BCUT2D eigenvalue weighted by Gasteiger charge is -2.19. The first-order chi connectivity index (χ1) is 16.7. The fourth-order valence-electron chi connectivity index (χ4n) is 4.29. The first-order valence-corrected chi connectivity index (χ1v) is 11.3. The molecular formula is C26H21ClN4O4. The largest absolute Gasteiger partial charge is 0.476 e. The summed E-state index contributed by atoms with van der Waals surface area (Å²) in [5.74, 6) is -0.844. The number of benzene rings is 2. The Balaban J connectivity index is 1.67. The van der Waals surface area contributed by atoms with Crippen LogP contribution < -0.4 is 10.7 Å². The minimum absolute atomic E-state index is 0.0832. The van der Waals surface area contributed by atoms with E-state index in [4.69, 9.17) is 16.0 Å². The molecule has 0 amide bonds. The number of halogens is 1. The molecule has 1 atom stereocenters. The molecule has 0 aliphatic rings. The number of carboxylic acid groups (broad SMARTS) is 1. The number of hydrogen-bond acceptors (Lipinski definition) is 6. The van der Waals surface area contributed by atoms with Crippen LogP contribution in [0.25, 0.3) is 33.3 Å². The van der Waals surface area contributed by atoms with Crippen LogP contribution in [0.15, 0.2) is 63.8 Å². The topological polar surface area (TPSA) is 110 Å². The number of rotatable bonds is 5. The number of pyridine rings is 1. The minimum Gasteiger partial charge on any atom is -0.476 e. The molecule has 0 unspecified atom stereocenters. The van der Waals surface area contributed by atoms with E-state index in [1.54, 1.807) is 16.8 Å². The second-order valence-corrected chi connectivity index (χ2v) is 8.78. The van der Waals surface area contributed by atoms with Crippen LogP contribution in [-0.4, -0.2) is 25.8 Å². The van der Waals surface area contributed by atoms with Crippen molar-refractivity contribution < 1.29 is 14.3 Å². The van der Waals surface area contributed by atoms with E-state index in [0.29, 0.717) is 33.7 Å². The smallest absolute Gasteiger partial charge is 0.356 e. The van der Waals surface area contributed by atoms with Crippen LogP contribution in [-0.2, 0) is 7.05 Å². The van der Waals surface area contributed by atoms with E-state index in [1.807, 2.05) is 51.2 Å².